The second-order valence-electron chi connectivity index (χ2n) is 4.07. The second kappa shape index (κ2) is 4.40. The van der Waals surface area contributed by atoms with Crippen molar-refractivity contribution in [2.24, 2.45) is 4.99 Å². The molecule has 1 aromatic rings. The van der Waals surface area contributed by atoms with E-state index in [4.69, 9.17) is 16.3 Å². The SMILES string of the molecule is COc1c(C2(N=C=O)CCC2)ccc(Cl)c1O. The second-order valence-corrected chi connectivity index (χ2v) is 4.47. The van der Waals surface area contributed by atoms with Crippen LogP contribution in [0.4, 0.5) is 0 Å². The Morgan fingerprint density at radius 1 is 1.53 bits per heavy atom. The van der Waals surface area contributed by atoms with Crippen LogP contribution in [0.2, 0.25) is 5.02 Å². The Morgan fingerprint density at radius 3 is 2.71 bits per heavy atom. The third-order valence-corrected chi connectivity index (χ3v) is 3.53. The van der Waals surface area contributed by atoms with Crippen LogP contribution in [0.15, 0.2) is 17.1 Å². The average molecular weight is 254 g/mol. The fourth-order valence-corrected chi connectivity index (χ4v) is 2.31. The molecule has 1 aromatic carbocycles. The highest BCUT2D eigenvalue weighted by Crippen LogP contribution is 2.51. The molecule has 0 heterocycles. The summed E-state index contributed by atoms with van der Waals surface area (Å²) in [6, 6.07) is 3.32. The van der Waals surface area contributed by atoms with Crippen LogP contribution in [0.5, 0.6) is 11.5 Å². The zero-order valence-electron chi connectivity index (χ0n) is 9.36. The maximum Gasteiger partial charge on any atom is 0.235 e. The number of hydrogen-bond donors (Lipinski definition) is 1. The van der Waals surface area contributed by atoms with Crippen molar-refractivity contribution in [2.75, 3.05) is 7.11 Å². The summed E-state index contributed by atoms with van der Waals surface area (Å²) >= 11 is 5.81. The Hall–Kier alpha value is -1.51. The lowest BCUT2D eigenvalue weighted by Crippen LogP contribution is -2.32. The van der Waals surface area contributed by atoms with Crippen molar-refractivity contribution in [2.45, 2.75) is 24.8 Å². The molecule has 0 spiro atoms. The highest BCUT2D eigenvalue weighted by Gasteiger charge is 2.42. The predicted molar refractivity (Wildman–Crippen MR) is 63.3 cm³/mol. The van der Waals surface area contributed by atoms with Crippen LogP contribution < -0.4 is 4.74 Å². The van der Waals surface area contributed by atoms with Crippen LogP contribution in [0.1, 0.15) is 24.8 Å². The van der Waals surface area contributed by atoms with Gasteiger partial charge in [0.1, 0.15) is 5.54 Å². The van der Waals surface area contributed by atoms with Crippen molar-refractivity contribution in [1.29, 1.82) is 0 Å². The number of hydrogen-bond acceptors (Lipinski definition) is 4. The van der Waals surface area contributed by atoms with E-state index in [1.807, 2.05) is 0 Å². The number of carbonyl (C=O) groups excluding carboxylic acids is 1. The summed E-state index contributed by atoms with van der Waals surface area (Å²) in [6.07, 6.45) is 4.08. The molecule has 1 aliphatic carbocycles. The molecule has 0 atom stereocenters. The molecule has 0 radical (unpaired) electrons. The van der Waals surface area contributed by atoms with E-state index in [0.29, 0.717) is 5.56 Å². The smallest absolute Gasteiger partial charge is 0.235 e. The van der Waals surface area contributed by atoms with E-state index in [1.165, 1.54) is 7.11 Å². The minimum Gasteiger partial charge on any atom is -0.503 e. The van der Waals surface area contributed by atoms with Crippen molar-refractivity contribution >= 4 is 17.7 Å². The van der Waals surface area contributed by atoms with Gasteiger partial charge in [0.2, 0.25) is 6.08 Å². The third kappa shape index (κ3) is 1.79. The van der Waals surface area contributed by atoms with Gasteiger partial charge in [-0.2, -0.15) is 4.99 Å². The molecule has 1 aliphatic rings. The Labute approximate surface area is 104 Å². The normalized spacial score (nSPS) is 16.8. The zero-order chi connectivity index (χ0) is 12.5. The van der Waals surface area contributed by atoms with E-state index in [-0.39, 0.29) is 16.5 Å². The number of aromatic hydroxyl groups is 1. The van der Waals surface area contributed by atoms with Gasteiger partial charge < -0.3 is 9.84 Å². The summed E-state index contributed by atoms with van der Waals surface area (Å²) in [5.41, 5.74) is 0.0892. The van der Waals surface area contributed by atoms with Gasteiger partial charge in [0.15, 0.2) is 11.5 Å². The molecule has 0 bridgehead atoms. The number of phenolic OH excluding ortho intramolecular Hbond substituents is 1. The lowest BCUT2D eigenvalue weighted by atomic mass is 9.72. The molecule has 1 N–H and O–H groups in total. The van der Waals surface area contributed by atoms with Crippen LogP contribution in [0.25, 0.3) is 0 Å². The van der Waals surface area contributed by atoms with Crippen LogP contribution in [0, 0.1) is 0 Å². The van der Waals surface area contributed by atoms with Crippen LogP contribution in [-0.2, 0) is 10.3 Å². The van der Waals surface area contributed by atoms with E-state index in [1.54, 1.807) is 18.2 Å². The van der Waals surface area contributed by atoms with Gasteiger partial charge in [-0.1, -0.05) is 17.7 Å². The molecule has 1 fully saturated rings. The number of isocyanates is 1. The Kier molecular flexibility index (Phi) is 3.09. The van der Waals surface area contributed by atoms with Gasteiger partial charge >= 0.3 is 0 Å². The lowest BCUT2D eigenvalue weighted by Gasteiger charge is -2.37. The topological polar surface area (TPSA) is 58.9 Å². The molecule has 2 rings (SSSR count). The maximum absolute atomic E-state index is 10.5. The van der Waals surface area contributed by atoms with Crippen LogP contribution in [-0.4, -0.2) is 18.3 Å². The van der Waals surface area contributed by atoms with Crippen LogP contribution in [0.3, 0.4) is 0 Å². The molecule has 17 heavy (non-hydrogen) atoms. The summed E-state index contributed by atoms with van der Waals surface area (Å²) < 4.78 is 5.16. The largest absolute Gasteiger partial charge is 0.503 e. The number of rotatable bonds is 3. The number of ether oxygens (including phenoxy) is 1. The Bertz CT molecular complexity index is 491. The van der Waals surface area contributed by atoms with E-state index >= 15 is 0 Å². The Balaban J connectivity index is 2.58. The van der Waals surface area contributed by atoms with Crippen molar-refractivity contribution in [3.8, 4) is 11.5 Å². The van der Waals surface area contributed by atoms with Crippen LogP contribution >= 0.6 is 11.6 Å². The van der Waals surface area contributed by atoms with E-state index in [0.717, 1.165) is 19.3 Å². The fourth-order valence-electron chi connectivity index (χ4n) is 2.16. The molecule has 90 valence electrons. The number of aliphatic imine (C=N–C) groups is 1. The first-order chi connectivity index (χ1) is 8.14. The van der Waals surface area contributed by atoms with Gasteiger partial charge in [-0.05, 0) is 25.3 Å². The summed E-state index contributed by atoms with van der Waals surface area (Å²) in [5, 5.41) is 10.1. The van der Waals surface area contributed by atoms with Gasteiger partial charge in [0.25, 0.3) is 0 Å². The summed E-state index contributed by atoms with van der Waals surface area (Å²) in [5.74, 6) is 0.176. The van der Waals surface area contributed by atoms with Gasteiger partial charge in [-0.15, -0.1) is 0 Å². The molecule has 5 heteroatoms. The molecule has 4 nitrogen and oxygen atoms in total. The highest BCUT2D eigenvalue weighted by atomic mass is 35.5. The predicted octanol–water partition coefficient (Wildman–Crippen LogP) is 2.77. The Morgan fingerprint density at radius 2 is 2.24 bits per heavy atom. The molecule has 0 amide bonds. The number of phenols is 1. The summed E-state index contributed by atoms with van der Waals surface area (Å²) in [7, 11) is 1.45. The first kappa shape index (κ1) is 12.0. The summed E-state index contributed by atoms with van der Waals surface area (Å²) in [4.78, 5) is 14.4. The molecule has 0 aromatic heterocycles. The average Bonchev–Trinajstić information content (AvgIpc) is 2.27. The van der Waals surface area contributed by atoms with Crippen molar-refractivity contribution in [3.05, 3.63) is 22.7 Å². The van der Waals surface area contributed by atoms with E-state index < -0.39 is 5.54 Å². The van der Waals surface area contributed by atoms with Gasteiger partial charge in [-0.3, -0.25) is 0 Å². The van der Waals surface area contributed by atoms with Crippen molar-refractivity contribution in [1.82, 2.24) is 0 Å². The fraction of sp³-hybridized carbons (Fsp3) is 0.417. The monoisotopic (exact) mass is 253 g/mol. The molecule has 0 aliphatic heterocycles. The minimum atomic E-state index is -0.602. The molecule has 0 unspecified atom stereocenters. The number of methoxy groups -OCH3 is 1. The minimum absolute atomic E-state index is 0.112. The van der Waals surface area contributed by atoms with E-state index in [9.17, 15) is 9.90 Å². The molecular formula is C12H12ClNO3. The molecule has 1 saturated carbocycles. The van der Waals surface area contributed by atoms with Gasteiger partial charge in [0.05, 0.1) is 12.1 Å². The standard InChI is InChI=1S/C12H12ClNO3/c1-17-11-8(3-4-9(13)10(11)16)12(14-7-15)5-2-6-12/h3-4,16H,2,5-6H2,1H3. The van der Waals surface area contributed by atoms with Crippen molar-refractivity contribution in [3.63, 3.8) is 0 Å². The number of nitrogens with zero attached hydrogens (tertiary/aromatic N) is 1. The van der Waals surface area contributed by atoms with Crippen molar-refractivity contribution < 1.29 is 14.6 Å². The molecular weight excluding hydrogens is 242 g/mol. The lowest BCUT2D eigenvalue weighted by molar-refractivity contribution is 0.243. The quantitative estimate of drug-likeness (QED) is 0.666. The molecule has 0 saturated heterocycles. The highest BCUT2D eigenvalue weighted by molar-refractivity contribution is 6.32. The number of halogens is 1. The number of benzene rings is 1. The van der Waals surface area contributed by atoms with Gasteiger partial charge in [-0.25, -0.2) is 4.79 Å². The summed E-state index contributed by atoms with van der Waals surface area (Å²) in [6.45, 7) is 0. The first-order valence-corrected chi connectivity index (χ1v) is 5.67. The van der Waals surface area contributed by atoms with E-state index in [2.05, 4.69) is 4.99 Å². The van der Waals surface area contributed by atoms with Gasteiger partial charge in [0, 0.05) is 5.56 Å². The first-order valence-electron chi connectivity index (χ1n) is 5.29. The zero-order valence-corrected chi connectivity index (χ0v) is 10.1. The third-order valence-electron chi connectivity index (χ3n) is 3.23. The maximum atomic E-state index is 10.5.